The Bertz CT molecular complexity index is 1880. The quantitative estimate of drug-likeness (QED) is 0.259. The zero-order valence-electron chi connectivity index (χ0n) is 24.8. The van der Waals surface area contributed by atoms with Gasteiger partial charge in [0.25, 0.3) is 5.56 Å². The van der Waals surface area contributed by atoms with Crippen LogP contribution in [0, 0.1) is 30.1 Å². The van der Waals surface area contributed by atoms with Crippen molar-refractivity contribution in [2.24, 2.45) is 0 Å². The van der Waals surface area contributed by atoms with Crippen molar-refractivity contribution >= 4 is 28.6 Å². The molecule has 1 amide bonds. The predicted molar refractivity (Wildman–Crippen MR) is 169 cm³/mol. The highest BCUT2D eigenvalue weighted by Crippen LogP contribution is 2.37. The molecule has 4 aromatic rings. The summed E-state index contributed by atoms with van der Waals surface area (Å²) in [5.41, 5.74) is 8.52. The Balaban J connectivity index is 1.40. The maximum absolute atomic E-state index is 14.4. The molecule has 2 aliphatic rings. The average molecular weight is 587 g/mol. The number of unbranched alkanes of at least 4 members (excludes halogenated alkanes) is 1. The van der Waals surface area contributed by atoms with Crippen molar-refractivity contribution < 1.29 is 4.79 Å². The third-order valence-corrected chi connectivity index (χ3v) is 8.33. The van der Waals surface area contributed by atoms with E-state index in [0.29, 0.717) is 77.3 Å². The van der Waals surface area contributed by atoms with Crippen LogP contribution >= 0.6 is 0 Å². The number of likely N-dealkylation sites (tertiary alicyclic amines) is 1. The van der Waals surface area contributed by atoms with E-state index in [1.807, 2.05) is 58.3 Å². The van der Waals surface area contributed by atoms with Crippen molar-refractivity contribution in [3.8, 4) is 23.6 Å². The number of nitrogens with zero attached hydrogens (tertiary/aromatic N) is 7. The maximum atomic E-state index is 14.4. The second-order valence-corrected chi connectivity index (χ2v) is 11.2. The van der Waals surface area contributed by atoms with Gasteiger partial charge in [-0.15, -0.1) is 0 Å². The van der Waals surface area contributed by atoms with Gasteiger partial charge in [-0.1, -0.05) is 36.1 Å². The standard InChI is InChI=1S/C34H34N8O2/c1-23-26(22-35)31(39-34(36)37-23)41-21-11-17-28(41)32-38-27-16-10-13-24(12-4-2-7-18-29(43)40-19-8-9-20-40)30(27)33(44)42(32)25-14-5-3-6-15-25/h3,5-6,10,13-16,28H,2,7-9,11,17-21H2,1H3,(H2,36,37,39). The number of rotatable bonds is 6. The number of amides is 1. The van der Waals surface area contributed by atoms with E-state index in [-0.39, 0.29) is 23.5 Å². The van der Waals surface area contributed by atoms with E-state index in [1.165, 1.54) is 0 Å². The van der Waals surface area contributed by atoms with Crippen molar-refractivity contribution in [2.45, 2.75) is 57.9 Å². The minimum absolute atomic E-state index is 0.0951. The number of hydrogen-bond donors (Lipinski definition) is 1. The highest BCUT2D eigenvalue weighted by Gasteiger charge is 2.34. The topological polar surface area (TPSA) is 134 Å². The molecule has 0 spiro atoms. The molecule has 6 rings (SSSR count). The third kappa shape index (κ3) is 5.59. The largest absolute Gasteiger partial charge is 0.368 e. The summed E-state index contributed by atoms with van der Waals surface area (Å²) in [6.07, 6.45) is 5.43. The van der Waals surface area contributed by atoms with Crippen molar-refractivity contribution in [3.05, 3.63) is 81.5 Å². The van der Waals surface area contributed by atoms with Crippen LogP contribution in [0.2, 0.25) is 0 Å². The van der Waals surface area contributed by atoms with Crippen LogP contribution in [0.15, 0.2) is 53.3 Å². The summed E-state index contributed by atoms with van der Waals surface area (Å²) in [4.78, 5) is 44.5. The summed E-state index contributed by atoms with van der Waals surface area (Å²) in [7, 11) is 0. The molecule has 2 saturated heterocycles. The van der Waals surface area contributed by atoms with Crippen LogP contribution in [-0.2, 0) is 4.79 Å². The average Bonchev–Trinajstić information content (AvgIpc) is 3.74. The van der Waals surface area contributed by atoms with Crippen LogP contribution in [0.25, 0.3) is 16.6 Å². The van der Waals surface area contributed by atoms with Crippen LogP contribution in [0.1, 0.15) is 73.6 Å². The third-order valence-electron chi connectivity index (χ3n) is 8.33. The molecule has 0 radical (unpaired) electrons. The molecule has 4 heterocycles. The summed E-state index contributed by atoms with van der Waals surface area (Å²) in [6.45, 7) is 4.08. The lowest BCUT2D eigenvalue weighted by Gasteiger charge is -2.28. The number of nitriles is 1. The summed E-state index contributed by atoms with van der Waals surface area (Å²) in [6, 6.07) is 16.9. The number of aromatic nitrogens is 4. The fourth-order valence-electron chi connectivity index (χ4n) is 6.22. The molecular formula is C34H34N8O2. The van der Waals surface area contributed by atoms with Gasteiger partial charge in [0, 0.05) is 38.0 Å². The van der Waals surface area contributed by atoms with E-state index in [9.17, 15) is 14.9 Å². The van der Waals surface area contributed by atoms with Crippen LogP contribution in [-0.4, -0.2) is 50.0 Å². The van der Waals surface area contributed by atoms with E-state index in [4.69, 9.17) is 10.7 Å². The second-order valence-electron chi connectivity index (χ2n) is 11.2. The molecule has 0 bridgehead atoms. The predicted octanol–water partition coefficient (Wildman–Crippen LogP) is 4.42. The molecule has 1 unspecified atom stereocenters. The summed E-state index contributed by atoms with van der Waals surface area (Å²) >= 11 is 0. The molecule has 2 fully saturated rings. The molecule has 0 saturated carbocycles. The zero-order chi connectivity index (χ0) is 30.6. The van der Waals surface area contributed by atoms with Crippen molar-refractivity contribution in [1.29, 1.82) is 5.26 Å². The van der Waals surface area contributed by atoms with Crippen LogP contribution in [0.3, 0.4) is 0 Å². The van der Waals surface area contributed by atoms with Crippen LogP contribution in [0.4, 0.5) is 11.8 Å². The Kier molecular flexibility index (Phi) is 8.25. The van der Waals surface area contributed by atoms with E-state index in [0.717, 1.165) is 32.4 Å². The van der Waals surface area contributed by atoms with Crippen LogP contribution in [0.5, 0.6) is 0 Å². The minimum Gasteiger partial charge on any atom is -0.368 e. The van der Waals surface area contributed by atoms with Gasteiger partial charge in [0.1, 0.15) is 17.5 Å². The molecule has 2 aliphatic heterocycles. The summed E-state index contributed by atoms with van der Waals surface area (Å²) < 4.78 is 1.66. The number of carbonyl (C=O) groups is 1. The van der Waals surface area contributed by atoms with Crippen molar-refractivity contribution in [2.75, 3.05) is 30.3 Å². The first kappa shape index (κ1) is 28.9. The summed E-state index contributed by atoms with van der Waals surface area (Å²) in [5.74, 6) is 7.69. The lowest BCUT2D eigenvalue weighted by Crippen LogP contribution is -2.32. The molecule has 10 heteroatoms. The lowest BCUT2D eigenvalue weighted by atomic mass is 10.1. The molecule has 222 valence electrons. The van der Waals surface area contributed by atoms with Crippen molar-refractivity contribution in [3.63, 3.8) is 0 Å². The normalized spacial score (nSPS) is 16.1. The Morgan fingerprint density at radius 3 is 2.59 bits per heavy atom. The molecule has 2 aromatic carbocycles. The molecule has 44 heavy (non-hydrogen) atoms. The fourth-order valence-corrected chi connectivity index (χ4v) is 6.22. The van der Waals surface area contributed by atoms with Gasteiger partial charge in [0.2, 0.25) is 11.9 Å². The SMILES string of the molecule is Cc1nc(N)nc(N2CCCC2c2nc3cccc(C#CCCCC(=O)N4CCCC4)c3c(=O)n2-c2ccccc2)c1C#N. The summed E-state index contributed by atoms with van der Waals surface area (Å²) in [5, 5.41) is 10.4. The van der Waals surface area contributed by atoms with Gasteiger partial charge in [0.15, 0.2) is 5.82 Å². The molecule has 1 atom stereocenters. The minimum atomic E-state index is -0.323. The maximum Gasteiger partial charge on any atom is 0.267 e. The van der Waals surface area contributed by atoms with E-state index in [2.05, 4.69) is 27.9 Å². The van der Waals surface area contributed by atoms with Gasteiger partial charge >= 0.3 is 0 Å². The number of para-hydroxylation sites is 1. The lowest BCUT2D eigenvalue weighted by molar-refractivity contribution is -0.130. The van der Waals surface area contributed by atoms with Gasteiger partial charge in [-0.2, -0.15) is 10.2 Å². The molecule has 2 N–H and O–H groups in total. The fraction of sp³-hybridized carbons (Fsp3) is 0.353. The number of aryl methyl sites for hydroxylation is 1. The molecule has 2 aromatic heterocycles. The first-order valence-electron chi connectivity index (χ1n) is 15.1. The van der Waals surface area contributed by atoms with Crippen molar-refractivity contribution in [1.82, 2.24) is 24.4 Å². The number of hydrogen-bond acceptors (Lipinski definition) is 8. The smallest absolute Gasteiger partial charge is 0.267 e. The number of benzene rings is 2. The molecular weight excluding hydrogens is 552 g/mol. The monoisotopic (exact) mass is 586 g/mol. The Morgan fingerprint density at radius 1 is 1.02 bits per heavy atom. The number of carbonyl (C=O) groups excluding carboxylic acids is 1. The van der Waals surface area contributed by atoms with Gasteiger partial charge in [-0.25, -0.2) is 9.97 Å². The first-order valence-corrected chi connectivity index (χ1v) is 15.1. The Labute approximate surface area is 256 Å². The van der Waals surface area contributed by atoms with Gasteiger partial charge in [-0.3, -0.25) is 14.2 Å². The first-order chi connectivity index (χ1) is 21.5. The number of fused-ring (bicyclic) bond motifs is 1. The highest BCUT2D eigenvalue weighted by atomic mass is 16.2. The Morgan fingerprint density at radius 2 is 1.82 bits per heavy atom. The Hall–Kier alpha value is -5.22. The number of nitrogen functional groups attached to an aromatic ring is 1. The van der Waals surface area contributed by atoms with Crippen LogP contribution < -0.4 is 16.2 Å². The van der Waals surface area contributed by atoms with Gasteiger partial charge < -0.3 is 15.5 Å². The second kappa shape index (κ2) is 12.6. The zero-order valence-corrected chi connectivity index (χ0v) is 24.8. The van der Waals surface area contributed by atoms with E-state index >= 15 is 0 Å². The number of anilines is 2. The van der Waals surface area contributed by atoms with E-state index < -0.39 is 0 Å². The van der Waals surface area contributed by atoms with E-state index in [1.54, 1.807) is 11.5 Å². The number of nitrogens with two attached hydrogens (primary N) is 1. The van der Waals surface area contributed by atoms with Gasteiger partial charge in [-0.05, 0) is 63.3 Å². The molecule has 10 nitrogen and oxygen atoms in total. The van der Waals surface area contributed by atoms with Gasteiger partial charge in [0.05, 0.1) is 28.3 Å². The highest BCUT2D eigenvalue weighted by molar-refractivity contribution is 5.85. The molecule has 0 aliphatic carbocycles.